The van der Waals surface area contributed by atoms with Gasteiger partial charge in [0.2, 0.25) is 5.89 Å². The van der Waals surface area contributed by atoms with Crippen LogP contribution in [-0.2, 0) is 19.5 Å². The molecule has 1 aromatic carbocycles. The van der Waals surface area contributed by atoms with Crippen LogP contribution in [0.4, 0.5) is 0 Å². The largest absolute Gasteiger partial charge is 0.338 e. The Morgan fingerprint density at radius 1 is 1.32 bits per heavy atom. The fraction of sp³-hybridized carbons (Fsp3) is 0.429. The van der Waals surface area contributed by atoms with Gasteiger partial charge in [0.15, 0.2) is 5.82 Å². The number of fused-ring (bicyclic) bond motifs is 1. The van der Waals surface area contributed by atoms with Crippen molar-refractivity contribution in [2.24, 2.45) is 0 Å². The summed E-state index contributed by atoms with van der Waals surface area (Å²) in [6.45, 7) is 1.55. The summed E-state index contributed by atoms with van der Waals surface area (Å²) >= 11 is 0. The Morgan fingerprint density at radius 2 is 2.11 bits per heavy atom. The fourth-order valence-corrected chi connectivity index (χ4v) is 2.39. The van der Waals surface area contributed by atoms with Gasteiger partial charge in [0, 0.05) is 6.54 Å². The van der Waals surface area contributed by atoms with Crippen LogP contribution >= 0.6 is 0 Å². The Hall–Kier alpha value is -1.72. The number of nitrogens with zero attached hydrogens (tertiary/aromatic N) is 3. The Morgan fingerprint density at radius 3 is 2.89 bits per heavy atom. The van der Waals surface area contributed by atoms with Gasteiger partial charge in [-0.2, -0.15) is 4.98 Å². The first-order valence-electron chi connectivity index (χ1n) is 6.50. The molecule has 0 bridgehead atoms. The minimum Gasteiger partial charge on any atom is -0.338 e. The molecule has 2 aromatic rings. The summed E-state index contributed by atoms with van der Waals surface area (Å²) in [6.07, 6.45) is 0.903. The molecule has 1 aliphatic rings. The van der Waals surface area contributed by atoms with Gasteiger partial charge in [-0.05, 0) is 31.6 Å². The van der Waals surface area contributed by atoms with Crippen molar-refractivity contribution >= 4 is 0 Å². The first-order valence-corrected chi connectivity index (χ1v) is 6.50. The molecule has 0 aliphatic carbocycles. The third-order valence-electron chi connectivity index (χ3n) is 3.32. The zero-order valence-corrected chi connectivity index (χ0v) is 11.3. The molecule has 5 heteroatoms. The van der Waals surface area contributed by atoms with Crippen molar-refractivity contribution in [2.45, 2.75) is 25.6 Å². The molecule has 1 N–H and O–H groups in total. The van der Waals surface area contributed by atoms with Crippen LogP contribution in [0.15, 0.2) is 28.8 Å². The van der Waals surface area contributed by atoms with E-state index in [1.54, 1.807) is 0 Å². The van der Waals surface area contributed by atoms with Crippen molar-refractivity contribution < 1.29 is 4.52 Å². The monoisotopic (exact) mass is 258 g/mol. The number of rotatable bonds is 3. The van der Waals surface area contributed by atoms with Crippen LogP contribution in [0.25, 0.3) is 0 Å². The molecule has 0 radical (unpaired) electrons. The summed E-state index contributed by atoms with van der Waals surface area (Å²) in [4.78, 5) is 6.49. The number of hydrogen-bond acceptors (Lipinski definition) is 5. The van der Waals surface area contributed by atoms with Gasteiger partial charge in [0.05, 0.1) is 12.6 Å². The van der Waals surface area contributed by atoms with E-state index in [9.17, 15) is 0 Å². The number of nitrogens with one attached hydrogen (secondary N) is 1. The number of benzene rings is 1. The molecule has 1 aromatic heterocycles. The average molecular weight is 258 g/mol. The first-order chi connectivity index (χ1) is 9.22. The predicted molar refractivity (Wildman–Crippen MR) is 71.4 cm³/mol. The van der Waals surface area contributed by atoms with Crippen molar-refractivity contribution in [1.82, 2.24) is 20.4 Å². The second-order valence-electron chi connectivity index (χ2n) is 5.19. The Bertz CT molecular complexity index is 564. The lowest BCUT2D eigenvalue weighted by atomic mass is 9.96. The molecule has 2 heterocycles. The third kappa shape index (κ3) is 2.67. The highest BCUT2D eigenvalue weighted by molar-refractivity contribution is 5.30. The summed E-state index contributed by atoms with van der Waals surface area (Å²) in [5.74, 6) is 1.42. The molecule has 1 atom stereocenters. The van der Waals surface area contributed by atoms with Crippen LogP contribution < -0.4 is 5.32 Å². The zero-order chi connectivity index (χ0) is 13.2. The van der Waals surface area contributed by atoms with Crippen LogP contribution in [0, 0.1) is 0 Å². The van der Waals surface area contributed by atoms with E-state index in [1.807, 2.05) is 19.0 Å². The molecule has 0 saturated carbocycles. The molecule has 0 amide bonds. The molecule has 0 unspecified atom stereocenters. The molecule has 0 saturated heterocycles. The van der Waals surface area contributed by atoms with Crippen molar-refractivity contribution in [3.05, 3.63) is 47.1 Å². The summed E-state index contributed by atoms with van der Waals surface area (Å²) in [7, 11) is 3.98. The van der Waals surface area contributed by atoms with E-state index in [-0.39, 0.29) is 6.04 Å². The predicted octanol–water partition coefficient (Wildman–Crippen LogP) is 1.52. The normalized spacial score (nSPS) is 18.6. The molecule has 0 fully saturated rings. The van der Waals surface area contributed by atoms with E-state index in [0.717, 1.165) is 18.8 Å². The van der Waals surface area contributed by atoms with Gasteiger partial charge in [-0.3, -0.25) is 0 Å². The Balaban J connectivity index is 1.76. The third-order valence-corrected chi connectivity index (χ3v) is 3.32. The minimum atomic E-state index is 0.123. The molecular formula is C14H18N4O. The van der Waals surface area contributed by atoms with Crippen molar-refractivity contribution in [3.8, 4) is 0 Å². The van der Waals surface area contributed by atoms with E-state index in [4.69, 9.17) is 4.52 Å². The maximum Gasteiger partial charge on any atom is 0.244 e. The van der Waals surface area contributed by atoms with E-state index >= 15 is 0 Å². The second-order valence-corrected chi connectivity index (χ2v) is 5.19. The Labute approximate surface area is 112 Å². The van der Waals surface area contributed by atoms with E-state index in [2.05, 4.69) is 39.7 Å². The minimum absolute atomic E-state index is 0.123. The van der Waals surface area contributed by atoms with Crippen LogP contribution in [0.3, 0.4) is 0 Å². The van der Waals surface area contributed by atoms with Crippen molar-refractivity contribution in [3.63, 3.8) is 0 Å². The summed E-state index contributed by atoms with van der Waals surface area (Å²) < 4.78 is 5.37. The van der Waals surface area contributed by atoms with Crippen LogP contribution in [0.2, 0.25) is 0 Å². The van der Waals surface area contributed by atoms with E-state index in [0.29, 0.717) is 12.4 Å². The highest BCUT2D eigenvalue weighted by Gasteiger charge is 2.24. The van der Waals surface area contributed by atoms with E-state index in [1.165, 1.54) is 11.1 Å². The fourth-order valence-electron chi connectivity index (χ4n) is 2.39. The van der Waals surface area contributed by atoms with Gasteiger partial charge in [0.25, 0.3) is 0 Å². The molecule has 3 rings (SSSR count). The maximum absolute atomic E-state index is 5.37. The molecule has 100 valence electrons. The SMILES string of the molecule is CN(C)Cc1noc([C@@H]2Cc3ccccc3CN2)n1. The second kappa shape index (κ2) is 5.11. The summed E-state index contributed by atoms with van der Waals surface area (Å²) in [5, 5.41) is 7.47. The lowest BCUT2D eigenvalue weighted by Gasteiger charge is -2.23. The highest BCUT2D eigenvalue weighted by atomic mass is 16.5. The number of hydrogen-bond donors (Lipinski definition) is 1. The molecule has 5 nitrogen and oxygen atoms in total. The topological polar surface area (TPSA) is 54.2 Å². The highest BCUT2D eigenvalue weighted by Crippen LogP contribution is 2.24. The van der Waals surface area contributed by atoms with Gasteiger partial charge in [0.1, 0.15) is 0 Å². The van der Waals surface area contributed by atoms with Gasteiger partial charge in [-0.15, -0.1) is 0 Å². The Kier molecular flexibility index (Phi) is 3.31. The lowest BCUT2D eigenvalue weighted by Crippen LogP contribution is -2.28. The molecule has 19 heavy (non-hydrogen) atoms. The smallest absolute Gasteiger partial charge is 0.244 e. The van der Waals surface area contributed by atoms with Crippen molar-refractivity contribution in [1.29, 1.82) is 0 Å². The zero-order valence-electron chi connectivity index (χ0n) is 11.3. The van der Waals surface area contributed by atoms with Crippen LogP contribution in [0.5, 0.6) is 0 Å². The summed E-state index contributed by atoms with van der Waals surface area (Å²) in [6, 6.07) is 8.60. The first kappa shape index (κ1) is 12.3. The molecular weight excluding hydrogens is 240 g/mol. The van der Waals surface area contributed by atoms with Gasteiger partial charge in [-0.25, -0.2) is 0 Å². The molecule has 0 spiro atoms. The van der Waals surface area contributed by atoms with Gasteiger partial charge < -0.3 is 14.7 Å². The van der Waals surface area contributed by atoms with Gasteiger partial charge in [-0.1, -0.05) is 29.4 Å². The van der Waals surface area contributed by atoms with Crippen LogP contribution in [0.1, 0.15) is 28.9 Å². The molecule has 1 aliphatic heterocycles. The standard InChI is InChI=1S/C14H18N4O/c1-18(2)9-13-16-14(19-17-13)12-7-10-5-3-4-6-11(10)8-15-12/h3-6,12,15H,7-9H2,1-2H3/t12-/m0/s1. The van der Waals surface area contributed by atoms with Crippen molar-refractivity contribution in [2.75, 3.05) is 14.1 Å². The van der Waals surface area contributed by atoms with Crippen LogP contribution in [-0.4, -0.2) is 29.1 Å². The van der Waals surface area contributed by atoms with Gasteiger partial charge >= 0.3 is 0 Å². The summed E-state index contributed by atoms with van der Waals surface area (Å²) in [5.41, 5.74) is 2.71. The van der Waals surface area contributed by atoms with E-state index < -0.39 is 0 Å². The maximum atomic E-state index is 5.37. The quantitative estimate of drug-likeness (QED) is 0.904. The number of aromatic nitrogens is 2. The lowest BCUT2D eigenvalue weighted by molar-refractivity contribution is 0.313. The average Bonchev–Trinajstić information content (AvgIpc) is 2.86.